The highest BCUT2D eigenvalue weighted by Gasteiger charge is 2.13. The van der Waals surface area contributed by atoms with Crippen molar-refractivity contribution in [1.29, 1.82) is 0 Å². The third-order valence-electron chi connectivity index (χ3n) is 10.3. The summed E-state index contributed by atoms with van der Waals surface area (Å²) in [6.07, 6.45) is 45.7. The van der Waals surface area contributed by atoms with Crippen molar-refractivity contribution in [2.45, 2.75) is 245 Å². The predicted octanol–water partition coefficient (Wildman–Crippen LogP) is 15.6. The minimum absolute atomic E-state index is 0.248. The number of esters is 2. The molecule has 0 aliphatic carbocycles. The monoisotopic (exact) mass is 699 g/mol. The first-order chi connectivity index (χ1) is 24.7. The smallest absolute Gasteiger partial charge is 0.311 e. The molecule has 0 bridgehead atoms. The van der Waals surface area contributed by atoms with Gasteiger partial charge >= 0.3 is 11.9 Å². The van der Waals surface area contributed by atoms with E-state index in [4.69, 9.17) is 9.47 Å². The van der Waals surface area contributed by atoms with Gasteiger partial charge in [0.15, 0.2) is 11.5 Å². The van der Waals surface area contributed by atoms with Crippen molar-refractivity contribution in [3.05, 3.63) is 24.3 Å². The van der Waals surface area contributed by atoms with Crippen LogP contribution in [0.15, 0.2) is 24.3 Å². The van der Waals surface area contributed by atoms with E-state index < -0.39 is 0 Å². The molecule has 0 unspecified atom stereocenters. The lowest BCUT2D eigenvalue weighted by molar-refractivity contribution is -0.137. The molecule has 0 spiro atoms. The molecule has 290 valence electrons. The van der Waals surface area contributed by atoms with Crippen LogP contribution in [-0.2, 0) is 9.59 Å². The molecule has 4 heteroatoms. The SMILES string of the molecule is CCCCCCCCCCCCCCCCCCCC(=O)Oc1ccccc1OC(=O)CCCCCCCCCCCCCCCCCCC. The summed E-state index contributed by atoms with van der Waals surface area (Å²) in [7, 11) is 0. The van der Waals surface area contributed by atoms with E-state index in [0.29, 0.717) is 24.3 Å². The first-order valence-corrected chi connectivity index (χ1v) is 22.2. The fourth-order valence-corrected chi connectivity index (χ4v) is 6.95. The van der Waals surface area contributed by atoms with E-state index in [1.807, 2.05) is 12.1 Å². The highest BCUT2D eigenvalue weighted by atomic mass is 16.6. The lowest BCUT2D eigenvalue weighted by Gasteiger charge is -2.10. The topological polar surface area (TPSA) is 52.6 Å². The maximum absolute atomic E-state index is 12.5. The summed E-state index contributed by atoms with van der Waals surface area (Å²) in [6, 6.07) is 7.05. The minimum Gasteiger partial charge on any atom is -0.423 e. The van der Waals surface area contributed by atoms with Gasteiger partial charge in [0.1, 0.15) is 0 Å². The van der Waals surface area contributed by atoms with Crippen LogP contribution in [0.5, 0.6) is 11.5 Å². The molecular weight excluding hydrogens is 617 g/mol. The highest BCUT2D eigenvalue weighted by Crippen LogP contribution is 2.28. The molecular formula is C46H82O4. The van der Waals surface area contributed by atoms with Gasteiger partial charge in [0.2, 0.25) is 0 Å². The molecule has 0 radical (unpaired) electrons. The Labute approximate surface area is 311 Å². The molecule has 0 N–H and O–H groups in total. The number of benzene rings is 1. The van der Waals surface area contributed by atoms with Gasteiger partial charge in [0.05, 0.1) is 0 Å². The molecule has 1 aromatic rings. The number of para-hydroxylation sites is 2. The van der Waals surface area contributed by atoms with Gasteiger partial charge in [-0.25, -0.2) is 0 Å². The Balaban J connectivity index is 1.97. The quantitative estimate of drug-likeness (QED) is 0.0392. The molecule has 1 rings (SSSR count). The van der Waals surface area contributed by atoms with Crippen molar-refractivity contribution in [2.24, 2.45) is 0 Å². The van der Waals surface area contributed by atoms with Crippen LogP contribution in [0.2, 0.25) is 0 Å². The fourth-order valence-electron chi connectivity index (χ4n) is 6.95. The normalized spacial score (nSPS) is 11.2. The van der Waals surface area contributed by atoms with Gasteiger partial charge in [0, 0.05) is 12.8 Å². The van der Waals surface area contributed by atoms with Crippen LogP contribution < -0.4 is 9.47 Å². The molecule has 1 aromatic carbocycles. The van der Waals surface area contributed by atoms with E-state index in [1.165, 1.54) is 193 Å². The number of carbonyl (C=O) groups excluding carboxylic acids is 2. The Kier molecular flexibility index (Phi) is 34.1. The van der Waals surface area contributed by atoms with Gasteiger partial charge in [-0.05, 0) is 25.0 Å². The van der Waals surface area contributed by atoms with Crippen LogP contribution in [0.1, 0.15) is 245 Å². The molecule has 0 aliphatic rings. The lowest BCUT2D eigenvalue weighted by Crippen LogP contribution is -2.12. The Morgan fingerprint density at radius 1 is 0.340 bits per heavy atom. The van der Waals surface area contributed by atoms with Crippen LogP contribution >= 0.6 is 0 Å². The van der Waals surface area contributed by atoms with Gasteiger partial charge in [-0.3, -0.25) is 9.59 Å². The molecule has 50 heavy (non-hydrogen) atoms. The van der Waals surface area contributed by atoms with Crippen LogP contribution in [0.4, 0.5) is 0 Å². The summed E-state index contributed by atoms with van der Waals surface area (Å²) in [5, 5.41) is 0. The summed E-state index contributed by atoms with van der Waals surface area (Å²) in [6.45, 7) is 4.57. The number of carbonyl (C=O) groups is 2. The Morgan fingerprint density at radius 3 is 0.760 bits per heavy atom. The number of hydrogen-bond acceptors (Lipinski definition) is 4. The van der Waals surface area contributed by atoms with Crippen LogP contribution in [-0.4, -0.2) is 11.9 Å². The zero-order valence-corrected chi connectivity index (χ0v) is 33.4. The highest BCUT2D eigenvalue weighted by molar-refractivity contribution is 5.76. The molecule has 0 aromatic heterocycles. The molecule has 0 saturated heterocycles. The number of rotatable bonds is 38. The third-order valence-corrected chi connectivity index (χ3v) is 10.3. The maximum Gasteiger partial charge on any atom is 0.311 e. The summed E-state index contributed by atoms with van der Waals surface area (Å²) < 4.78 is 11.2. The van der Waals surface area contributed by atoms with Crippen molar-refractivity contribution in [1.82, 2.24) is 0 Å². The van der Waals surface area contributed by atoms with E-state index in [0.717, 1.165) is 25.7 Å². The van der Waals surface area contributed by atoms with Crippen LogP contribution in [0, 0.1) is 0 Å². The van der Waals surface area contributed by atoms with Crippen molar-refractivity contribution >= 4 is 11.9 Å². The molecule has 0 aliphatic heterocycles. The summed E-state index contributed by atoms with van der Waals surface area (Å²) in [4.78, 5) is 25.0. The zero-order chi connectivity index (χ0) is 36.0. The largest absolute Gasteiger partial charge is 0.423 e. The first kappa shape index (κ1) is 46.2. The van der Waals surface area contributed by atoms with E-state index in [2.05, 4.69) is 13.8 Å². The maximum atomic E-state index is 12.5. The van der Waals surface area contributed by atoms with E-state index in [-0.39, 0.29) is 11.9 Å². The number of unbranched alkanes of at least 4 members (excludes halogenated alkanes) is 32. The second-order valence-corrected chi connectivity index (χ2v) is 15.2. The Bertz CT molecular complexity index is 810. The Morgan fingerprint density at radius 2 is 0.540 bits per heavy atom. The molecule has 0 saturated carbocycles. The fraction of sp³-hybridized carbons (Fsp3) is 0.826. The molecule has 4 nitrogen and oxygen atoms in total. The molecule has 0 fully saturated rings. The molecule has 0 atom stereocenters. The van der Waals surface area contributed by atoms with Gasteiger partial charge in [-0.15, -0.1) is 0 Å². The van der Waals surface area contributed by atoms with Crippen molar-refractivity contribution in [3.8, 4) is 11.5 Å². The summed E-state index contributed by atoms with van der Waals surface area (Å²) in [5.41, 5.74) is 0. The summed E-state index contributed by atoms with van der Waals surface area (Å²) >= 11 is 0. The van der Waals surface area contributed by atoms with Crippen molar-refractivity contribution in [3.63, 3.8) is 0 Å². The van der Waals surface area contributed by atoms with Gasteiger partial charge in [-0.2, -0.15) is 0 Å². The Hall–Kier alpha value is -1.84. The van der Waals surface area contributed by atoms with E-state index >= 15 is 0 Å². The van der Waals surface area contributed by atoms with Gasteiger partial charge in [-0.1, -0.05) is 231 Å². The second kappa shape index (κ2) is 36.9. The van der Waals surface area contributed by atoms with Gasteiger partial charge < -0.3 is 9.47 Å². The predicted molar refractivity (Wildman–Crippen MR) is 215 cm³/mol. The first-order valence-electron chi connectivity index (χ1n) is 22.2. The van der Waals surface area contributed by atoms with E-state index in [9.17, 15) is 9.59 Å². The lowest BCUT2D eigenvalue weighted by atomic mass is 10.0. The molecule has 0 amide bonds. The third kappa shape index (κ3) is 30.9. The van der Waals surface area contributed by atoms with Gasteiger partial charge in [0.25, 0.3) is 0 Å². The van der Waals surface area contributed by atoms with Crippen LogP contribution in [0.3, 0.4) is 0 Å². The molecule has 0 heterocycles. The average molecular weight is 699 g/mol. The number of hydrogen-bond donors (Lipinski definition) is 0. The minimum atomic E-state index is -0.248. The van der Waals surface area contributed by atoms with Crippen molar-refractivity contribution < 1.29 is 19.1 Å². The summed E-state index contributed by atoms with van der Waals surface area (Å²) in [5.74, 6) is 0.200. The van der Waals surface area contributed by atoms with Crippen molar-refractivity contribution in [2.75, 3.05) is 0 Å². The number of ether oxygens (including phenoxy) is 2. The zero-order valence-electron chi connectivity index (χ0n) is 33.4. The standard InChI is InChI=1S/C46H82O4/c1-3-5-7-9-11-13-15-17-19-21-23-25-27-29-31-33-35-41-45(47)49-43-39-37-38-40-44(43)50-46(48)42-36-34-32-30-28-26-24-22-20-18-16-14-12-10-8-6-4-2/h37-40H,3-36,41-42H2,1-2H3. The van der Waals surface area contributed by atoms with Crippen LogP contribution in [0.25, 0.3) is 0 Å². The average Bonchev–Trinajstić information content (AvgIpc) is 3.11. The second-order valence-electron chi connectivity index (χ2n) is 15.2. The van der Waals surface area contributed by atoms with E-state index in [1.54, 1.807) is 12.1 Å².